The molecule has 3 rings (SSSR count). The van der Waals surface area contributed by atoms with E-state index in [9.17, 15) is 4.79 Å². The summed E-state index contributed by atoms with van der Waals surface area (Å²) in [6.07, 6.45) is 2.51. The smallest absolute Gasteiger partial charge is 0.271 e. The number of nitrogens with one attached hydrogen (secondary N) is 1. The van der Waals surface area contributed by atoms with Gasteiger partial charge in [0.25, 0.3) is 5.91 Å². The van der Waals surface area contributed by atoms with E-state index in [0.29, 0.717) is 29.5 Å². The number of ether oxygens (including phenoxy) is 2. The monoisotopic (exact) mass is 500 g/mol. The van der Waals surface area contributed by atoms with E-state index in [-0.39, 0.29) is 5.91 Å². The summed E-state index contributed by atoms with van der Waals surface area (Å²) in [5.41, 5.74) is 4.87. The minimum Gasteiger partial charge on any atom is -0.494 e. The van der Waals surface area contributed by atoms with Crippen LogP contribution in [0.25, 0.3) is 0 Å². The van der Waals surface area contributed by atoms with Gasteiger partial charge in [0.1, 0.15) is 18.1 Å². The van der Waals surface area contributed by atoms with Crippen LogP contribution in [-0.2, 0) is 6.61 Å². The zero-order chi connectivity index (χ0) is 22.1. The van der Waals surface area contributed by atoms with Crippen LogP contribution in [0.4, 0.5) is 0 Å². The SMILES string of the molecule is CCCOc1ccc(C(=O)N/N=C/c2ccc(OCc3ccc(Cl)cc3)c(Br)c2)cc1. The summed E-state index contributed by atoms with van der Waals surface area (Å²) in [7, 11) is 0. The Balaban J connectivity index is 1.52. The Bertz CT molecular complexity index is 1040. The minimum absolute atomic E-state index is 0.291. The highest BCUT2D eigenvalue weighted by atomic mass is 79.9. The maximum atomic E-state index is 12.2. The molecule has 0 unspecified atom stereocenters. The number of halogens is 2. The van der Waals surface area contributed by atoms with Crippen LogP contribution in [0.1, 0.15) is 34.8 Å². The molecule has 0 heterocycles. The maximum Gasteiger partial charge on any atom is 0.271 e. The molecule has 7 heteroatoms. The Morgan fingerprint density at radius 3 is 2.48 bits per heavy atom. The number of nitrogens with zero attached hydrogens (tertiary/aromatic N) is 1. The minimum atomic E-state index is -0.291. The number of hydrogen-bond acceptors (Lipinski definition) is 4. The van der Waals surface area contributed by atoms with Crippen molar-refractivity contribution in [3.05, 3.63) is 92.9 Å². The van der Waals surface area contributed by atoms with Gasteiger partial charge in [0, 0.05) is 10.6 Å². The Morgan fingerprint density at radius 1 is 1.06 bits per heavy atom. The van der Waals surface area contributed by atoms with E-state index in [0.717, 1.165) is 27.8 Å². The van der Waals surface area contributed by atoms with Crippen molar-refractivity contribution in [3.63, 3.8) is 0 Å². The highest BCUT2D eigenvalue weighted by Gasteiger charge is 2.05. The molecule has 0 aromatic heterocycles. The first kappa shape index (κ1) is 22.8. The summed E-state index contributed by atoms with van der Waals surface area (Å²) < 4.78 is 12.1. The molecule has 1 amide bonds. The van der Waals surface area contributed by atoms with Gasteiger partial charge in [-0.25, -0.2) is 5.43 Å². The molecule has 0 bridgehead atoms. The average molecular weight is 502 g/mol. The molecule has 0 spiro atoms. The van der Waals surface area contributed by atoms with Crippen molar-refractivity contribution < 1.29 is 14.3 Å². The van der Waals surface area contributed by atoms with Crippen molar-refractivity contribution in [2.24, 2.45) is 5.10 Å². The first-order valence-electron chi connectivity index (χ1n) is 9.78. The molecule has 0 aliphatic rings. The summed E-state index contributed by atoms with van der Waals surface area (Å²) in [6.45, 7) is 3.12. The largest absolute Gasteiger partial charge is 0.494 e. The Kier molecular flexibility index (Phi) is 8.50. The number of amides is 1. The fourth-order valence-corrected chi connectivity index (χ4v) is 3.25. The van der Waals surface area contributed by atoms with E-state index in [1.165, 1.54) is 0 Å². The van der Waals surface area contributed by atoms with Crippen LogP contribution in [0.15, 0.2) is 76.3 Å². The molecular formula is C24H22BrClN2O3. The van der Waals surface area contributed by atoms with Gasteiger partial charge in [-0.1, -0.05) is 30.7 Å². The first-order chi connectivity index (χ1) is 15.0. The standard InChI is InChI=1S/C24H22BrClN2O3/c1-2-13-30-21-10-6-19(7-11-21)24(29)28-27-15-18-5-12-23(22(25)14-18)31-16-17-3-8-20(26)9-4-17/h3-12,14-15H,2,13,16H2,1H3,(H,28,29)/b27-15+. The van der Waals surface area contributed by atoms with Gasteiger partial charge < -0.3 is 9.47 Å². The molecule has 5 nitrogen and oxygen atoms in total. The van der Waals surface area contributed by atoms with Gasteiger partial charge in [-0.15, -0.1) is 0 Å². The number of hydrazone groups is 1. The maximum absolute atomic E-state index is 12.2. The van der Waals surface area contributed by atoms with Crippen molar-refractivity contribution in [3.8, 4) is 11.5 Å². The molecule has 0 aliphatic heterocycles. The number of benzene rings is 3. The molecule has 1 N–H and O–H groups in total. The second-order valence-electron chi connectivity index (χ2n) is 6.68. The van der Waals surface area contributed by atoms with Crippen LogP contribution in [0.3, 0.4) is 0 Å². The highest BCUT2D eigenvalue weighted by molar-refractivity contribution is 9.10. The number of carbonyl (C=O) groups excluding carboxylic acids is 1. The Hall–Kier alpha value is -2.83. The van der Waals surface area contributed by atoms with E-state index in [2.05, 4.69) is 26.5 Å². The molecule has 0 atom stereocenters. The molecule has 3 aromatic rings. The highest BCUT2D eigenvalue weighted by Crippen LogP contribution is 2.26. The molecule has 0 saturated carbocycles. The lowest BCUT2D eigenvalue weighted by Crippen LogP contribution is -2.17. The first-order valence-corrected chi connectivity index (χ1v) is 11.0. The molecule has 31 heavy (non-hydrogen) atoms. The molecule has 0 radical (unpaired) electrons. The van der Waals surface area contributed by atoms with Gasteiger partial charge in [0.15, 0.2) is 0 Å². The summed E-state index contributed by atoms with van der Waals surface area (Å²) in [6, 6.07) is 20.0. The Labute approximate surface area is 195 Å². The Morgan fingerprint density at radius 2 is 1.81 bits per heavy atom. The van der Waals surface area contributed by atoms with Crippen LogP contribution in [0, 0.1) is 0 Å². The fourth-order valence-electron chi connectivity index (χ4n) is 2.61. The van der Waals surface area contributed by atoms with E-state index < -0.39 is 0 Å². The van der Waals surface area contributed by atoms with Crippen LogP contribution in [-0.4, -0.2) is 18.7 Å². The van der Waals surface area contributed by atoms with E-state index >= 15 is 0 Å². The third kappa shape index (κ3) is 7.12. The van der Waals surface area contributed by atoms with Crippen molar-refractivity contribution in [1.29, 1.82) is 0 Å². The summed E-state index contributed by atoms with van der Waals surface area (Å²) in [5, 5.41) is 4.73. The van der Waals surface area contributed by atoms with E-state index in [1.807, 2.05) is 49.4 Å². The summed E-state index contributed by atoms with van der Waals surface area (Å²) in [5.74, 6) is 1.16. The zero-order valence-corrected chi connectivity index (χ0v) is 19.3. The quantitative estimate of drug-likeness (QED) is 0.279. The average Bonchev–Trinajstić information content (AvgIpc) is 2.78. The topological polar surface area (TPSA) is 59.9 Å². The third-order valence-electron chi connectivity index (χ3n) is 4.23. The molecule has 0 aliphatic carbocycles. The van der Waals surface area contributed by atoms with Crippen LogP contribution >= 0.6 is 27.5 Å². The van der Waals surface area contributed by atoms with Crippen LogP contribution in [0.5, 0.6) is 11.5 Å². The lowest BCUT2D eigenvalue weighted by Gasteiger charge is -2.09. The number of rotatable bonds is 9. The van der Waals surface area contributed by atoms with Crippen molar-refractivity contribution in [2.75, 3.05) is 6.61 Å². The third-order valence-corrected chi connectivity index (χ3v) is 5.10. The zero-order valence-electron chi connectivity index (χ0n) is 17.0. The predicted octanol–water partition coefficient (Wildman–Crippen LogP) is 6.23. The molecule has 0 saturated heterocycles. The summed E-state index contributed by atoms with van der Waals surface area (Å²) in [4.78, 5) is 12.2. The van der Waals surface area contributed by atoms with E-state index in [1.54, 1.807) is 30.5 Å². The number of hydrogen-bond donors (Lipinski definition) is 1. The van der Waals surface area contributed by atoms with Crippen LogP contribution < -0.4 is 14.9 Å². The van der Waals surface area contributed by atoms with Gasteiger partial charge in [0.05, 0.1) is 17.3 Å². The van der Waals surface area contributed by atoms with Gasteiger partial charge >= 0.3 is 0 Å². The normalized spacial score (nSPS) is 10.8. The molecule has 3 aromatic carbocycles. The lowest BCUT2D eigenvalue weighted by molar-refractivity contribution is 0.0955. The van der Waals surface area contributed by atoms with Gasteiger partial charge in [0.2, 0.25) is 0 Å². The van der Waals surface area contributed by atoms with Crippen molar-refractivity contribution in [1.82, 2.24) is 5.43 Å². The second-order valence-corrected chi connectivity index (χ2v) is 7.97. The van der Waals surface area contributed by atoms with Gasteiger partial charge in [-0.05, 0) is 88.1 Å². The fraction of sp³-hybridized carbons (Fsp3) is 0.167. The second kappa shape index (κ2) is 11.5. The molecular weight excluding hydrogens is 480 g/mol. The van der Waals surface area contributed by atoms with Crippen molar-refractivity contribution >= 4 is 39.7 Å². The molecule has 160 valence electrons. The predicted molar refractivity (Wildman–Crippen MR) is 127 cm³/mol. The lowest BCUT2D eigenvalue weighted by atomic mass is 10.2. The van der Waals surface area contributed by atoms with Gasteiger partial charge in [-0.2, -0.15) is 5.10 Å². The number of carbonyl (C=O) groups is 1. The molecule has 0 fully saturated rings. The summed E-state index contributed by atoms with van der Waals surface area (Å²) >= 11 is 9.41. The van der Waals surface area contributed by atoms with Crippen LogP contribution in [0.2, 0.25) is 5.02 Å². The van der Waals surface area contributed by atoms with Crippen molar-refractivity contribution in [2.45, 2.75) is 20.0 Å². The van der Waals surface area contributed by atoms with Gasteiger partial charge in [-0.3, -0.25) is 4.79 Å². The van der Waals surface area contributed by atoms with E-state index in [4.69, 9.17) is 21.1 Å².